The molecule has 0 saturated carbocycles. The number of ether oxygens (including phenoxy) is 3. The fourth-order valence-corrected chi connectivity index (χ4v) is 4.59. The summed E-state index contributed by atoms with van der Waals surface area (Å²) in [6, 6.07) is 15.5. The minimum Gasteiger partial charge on any atom is -0.491 e. The van der Waals surface area contributed by atoms with E-state index in [1.165, 1.54) is 0 Å². The van der Waals surface area contributed by atoms with Gasteiger partial charge in [-0.05, 0) is 36.8 Å². The van der Waals surface area contributed by atoms with Gasteiger partial charge in [0.1, 0.15) is 42.5 Å². The highest BCUT2D eigenvalue weighted by molar-refractivity contribution is 6.11. The molecule has 0 aliphatic carbocycles. The van der Waals surface area contributed by atoms with Gasteiger partial charge in [-0.15, -0.1) is 0 Å². The van der Waals surface area contributed by atoms with Crippen molar-refractivity contribution in [2.45, 2.75) is 18.9 Å². The molecule has 4 heterocycles. The highest BCUT2D eigenvalue weighted by Gasteiger charge is 2.57. The topological polar surface area (TPSA) is 61.1 Å². The van der Waals surface area contributed by atoms with E-state index in [1.54, 1.807) is 4.90 Å². The van der Waals surface area contributed by atoms with Crippen LogP contribution in [0.1, 0.15) is 22.6 Å². The molecule has 0 fully saturated rings. The van der Waals surface area contributed by atoms with Crippen LogP contribution in [0.15, 0.2) is 52.9 Å². The number of hydrogen-bond acceptors (Lipinski definition) is 5. The third-order valence-electron chi connectivity index (χ3n) is 5.92. The fraction of sp³-hybridized carbons (Fsp3) is 0.261. The quantitative estimate of drug-likeness (QED) is 0.670. The lowest BCUT2D eigenvalue weighted by Crippen LogP contribution is -2.42. The van der Waals surface area contributed by atoms with E-state index in [-0.39, 0.29) is 12.5 Å². The van der Waals surface area contributed by atoms with Crippen molar-refractivity contribution < 1.29 is 23.4 Å². The van der Waals surface area contributed by atoms with E-state index < -0.39 is 5.41 Å². The molecule has 1 amide bonds. The van der Waals surface area contributed by atoms with Gasteiger partial charge in [0.2, 0.25) is 5.91 Å². The molecule has 3 aliphatic heterocycles. The summed E-state index contributed by atoms with van der Waals surface area (Å²) in [6.45, 7) is 3.54. The monoisotopic (exact) mass is 389 g/mol. The van der Waals surface area contributed by atoms with Crippen LogP contribution in [0.25, 0.3) is 0 Å². The number of fused-ring (bicyclic) bond motifs is 5. The number of carbonyl (C=O) groups is 1. The van der Waals surface area contributed by atoms with Gasteiger partial charge in [0.05, 0.1) is 6.54 Å². The van der Waals surface area contributed by atoms with Crippen LogP contribution in [0.5, 0.6) is 17.2 Å². The first-order valence-corrected chi connectivity index (χ1v) is 9.70. The minimum atomic E-state index is -0.886. The average molecular weight is 389 g/mol. The zero-order valence-corrected chi connectivity index (χ0v) is 15.9. The second-order valence-corrected chi connectivity index (χ2v) is 7.61. The van der Waals surface area contributed by atoms with Gasteiger partial charge in [0, 0.05) is 17.3 Å². The summed E-state index contributed by atoms with van der Waals surface area (Å²) in [7, 11) is 0. The summed E-state index contributed by atoms with van der Waals surface area (Å²) in [6.07, 6.45) is 0. The second-order valence-electron chi connectivity index (χ2n) is 7.61. The van der Waals surface area contributed by atoms with E-state index in [9.17, 15) is 4.79 Å². The molecule has 1 atom stereocenters. The number of anilines is 1. The Balaban J connectivity index is 1.50. The van der Waals surface area contributed by atoms with E-state index in [0.717, 1.165) is 28.3 Å². The van der Waals surface area contributed by atoms with Crippen molar-refractivity contribution in [2.75, 3.05) is 24.7 Å². The molecule has 2 aromatic carbocycles. The van der Waals surface area contributed by atoms with Crippen LogP contribution in [0.2, 0.25) is 0 Å². The van der Waals surface area contributed by atoms with Crippen molar-refractivity contribution in [1.82, 2.24) is 0 Å². The van der Waals surface area contributed by atoms with Crippen molar-refractivity contribution in [3.8, 4) is 17.2 Å². The number of rotatable bonds is 2. The molecule has 1 aromatic heterocycles. The summed E-state index contributed by atoms with van der Waals surface area (Å²) in [5.74, 6) is 3.56. The number of furan rings is 1. The average Bonchev–Trinajstić information content (AvgIpc) is 3.39. The van der Waals surface area contributed by atoms with Gasteiger partial charge >= 0.3 is 0 Å². The van der Waals surface area contributed by atoms with Gasteiger partial charge in [0.15, 0.2) is 11.5 Å². The number of hydrogen-bond donors (Lipinski definition) is 0. The molecule has 6 heteroatoms. The molecule has 0 radical (unpaired) electrons. The first kappa shape index (κ1) is 16.5. The lowest BCUT2D eigenvalue weighted by atomic mass is 9.77. The number of nitrogens with zero attached hydrogens (tertiary/aromatic N) is 1. The largest absolute Gasteiger partial charge is 0.491 e. The highest BCUT2D eigenvalue weighted by Crippen LogP contribution is 2.54. The molecular weight excluding hydrogens is 370 g/mol. The smallest absolute Gasteiger partial charge is 0.246 e. The van der Waals surface area contributed by atoms with Crippen LogP contribution in [0, 0.1) is 6.92 Å². The Morgan fingerprint density at radius 2 is 1.72 bits per heavy atom. The van der Waals surface area contributed by atoms with Gasteiger partial charge < -0.3 is 23.5 Å². The fourth-order valence-electron chi connectivity index (χ4n) is 4.59. The van der Waals surface area contributed by atoms with E-state index in [4.69, 9.17) is 18.6 Å². The van der Waals surface area contributed by atoms with Crippen LogP contribution in [-0.4, -0.2) is 25.7 Å². The Kier molecular flexibility index (Phi) is 3.30. The van der Waals surface area contributed by atoms with Gasteiger partial charge in [-0.1, -0.05) is 18.2 Å². The Morgan fingerprint density at radius 3 is 2.52 bits per heavy atom. The second kappa shape index (κ2) is 5.80. The van der Waals surface area contributed by atoms with Crippen molar-refractivity contribution in [3.63, 3.8) is 0 Å². The van der Waals surface area contributed by atoms with Gasteiger partial charge in [-0.3, -0.25) is 4.79 Å². The zero-order valence-electron chi connectivity index (χ0n) is 15.9. The van der Waals surface area contributed by atoms with E-state index >= 15 is 0 Å². The summed E-state index contributed by atoms with van der Waals surface area (Å²) < 4.78 is 23.2. The molecule has 3 aliphatic rings. The Hall–Kier alpha value is -3.41. The van der Waals surface area contributed by atoms with Gasteiger partial charge in [-0.2, -0.15) is 0 Å². The van der Waals surface area contributed by atoms with Crippen molar-refractivity contribution in [1.29, 1.82) is 0 Å². The molecule has 6 rings (SSSR count). The zero-order chi connectivity index (χ0) is 19.6. The molecule has 6 nitrogen and oxygen atoms in total. The van der Waals surface area contributed by atoms with E-state index in [2.05, 4.69) is 0 Å². The molecule has 0 bridgehead atoms. The Labute approximate surface area is 167 Å². The van der Waals surface area contributed by atoms with Crippen LogP contribution >= 0.6 is 0 Å². The Bertz CT molecular complexity index is 1150. The normalized spacial score (nSPS) is 21.3. The number of carbonyl (C=O) groups excluding carboxylic acids is 1. The van der Waals surface area contributed by atoms with Gasteiger partial charge in [0.25, 0.3) is 0 Å². The first-order chi connectivity index (χ1) is 14.2. The predicted molar refractivity (Wildman–Crippen MR) is 105 cm³/mol. The van der Waals surface area contributed by atoms with Crippen LogP contribution in [-0.2, 0) is 16.8 Å². The molecule has 3 aromatic rings. The summed E-state index contributed by atoms with van der Waals surface area (Å²) in [5.41, 5.74) is 1.78. The number of benzene rings is 2. The maximum atomic E-state index is 13.9. The SMILES string of the molecule is Cc1ccc(CN2C(=O)C3(COc4cc5c(cc43)OCCO5)c3ccccc32)o1. The predicted octanol–water partition coefficient (Wildman–Crippen LogP) is 3.58. The first-order valence-electron chi connectivity index (χ1n) is 9.70. The number of para-hydroxylation sites is 1. The minimum absolute atomic E-state index is 0.0109. The van der Waals surface area contributed by atoms with Crippen molar-refractivity contribution >= 4 is 11.6 Å². The van der Waals surface area contributed by atoms with Crippen molar-refractivity contribution in [2.24, 2.45) is 0 Å². The summed E-state index contributed by atoms with van der Waals surface area (Å²) in [5, 5.41) is 0. The van der Waals surface area contributed by atoms with E-state index in [1.807, 2.05) is 55.5 Å². The van der Waals surface area contributed by atoms with Crippen LogP contribution in [0.3, 0.4) is 0 Å². The molecule has 146 valence electrons. The molecule has 1 spiro atoms. The third kappa shape index (κ3) is 2.20. The Morgan fingerprint density at radius 1 is 0.931 bits per heavy atom. The summed E-state index contributed by atoms with van der Waals surface area (Å²) >= 11 is 0. The third-order valence-corrected chi connectivity index (χ3v) is 5.92. The number of amides is 1. The highest BCUT2D eigenvalue weighted by atomic mass is 16.6. The van der Waals surface area contributed by atoms with E-state index in [0.29, 0.717) is 37.0 Å². The summed E-state index contributed by atoms with van der Waals surface area (Å²) in [4.78, 5) is 15.7. The van der Waals surface area contributed by atoms with Crippen LogP contribution < -0.4 is 19.1 Å². The number of aryl methyl sites for hydroxylation is 1. The van der Waals surface area contributed by atoms with Crippen molar-refractivity contribution in [3.05, 3.63) is 71.2 Å². The molecular formula is C23H19NO5. The lowest BCUT2D eigenvalue weighted by Gasteiger charge is -2.24. The molecule has 29 heavy (non-hydrogen) atoms. The maximum absolute atomic E-state index is 13.9. The molecule has 0 N–H and O–H groups in total. The maximum Gasteiger partial charge on any atom is 0.246 e. The standard InChI is InChI=1S/C23H19NO5/c1-14-6-7-15(29-14)12-24-18-5-3-2-4-16(18)23(22(24)25)13-28-19-11-21-20(10-17(19)23)26-8-9-27-21/h2-7,10-11H,8-9,12-13H2,1H3. The molecule has 0 saturated heterocycles. The lowest BCUT2D eigenvalue weighted by molar-refractivity contribution is -0.122. The van der Waals surface area contributed by atoms with Crippen LogP contribution in [0.4, 0.5) is 5.69 Å². The van der Waals surface area contributed by atoms with Gasteiger partial charge in [-0.25, -0.2) is 0 Å². The molecule has 1 unspecified atom stereocenters.